The van der Waals surface area contributed by atoms with E-state index in [1.165, 1.54) is 6.42 Å². The molecule has 0 aromatic carbocycles. The summed E-state index contributed by atoms with van der Waals surface area (Å²) in [6, 6.07) is 0. The second-order valence-corrected chi connectivity index (χ2v) is 7.69. The number of hydrogen-bond donors (Lipinski definition) is 2. The number of aldehydes is 1. The average molecular weight is 305 g/mol. The van der Waals surface area contributed by atoms with Crippen LogP contribution < -0.4 is 5.32 Å². The number of nitrogens with one attached hydrogen (secondary N) is 1. The maximum atomic E-state index is 11.8. The lowest BCUT2D eigenvalue weighted by Gasteiger charge is -2.53. The SMILES string of the molecule is CCNCC1(C)C2CCC(C)C13CC(C=O)C(C(=O)O)=C3C2. The fraction of sp³-hybridized carbons (Fsp3) is 0.778. The molecule has 0 amide bonds. The Kier molecular flexibility index (Phi) is 3.71. The molecule has 22 heavy (non-hydrogen) atoms. The van der Waals surface area contributed by atoms with Crippen molar-refractivity contribution in [2.75, 3.05) is 13.1 Å². The highest BCUT2D eigenvalue weighted by Crippen LogP contribution is 2.73. The number of hydrogen-bond acceptors (Lipinski definition) is 3. The number of rotatable bonds is 5. The van der Waals surface area contributed by atoms with E-state index in [1.54, 1.807) is 0 Å². The van der Waals surface area contributed by atoms with Crippen molar-refractivity contribution in [1.82, 2.24) is 5.32 Å². The van der Waals surface area contributed by atoms with Crippen LogP contribution >= 0.6 is 0 Å². The van der Waals surface area contributed by atoms with Gasteiger partial charge in [-0.1, -0.05) is 26.3 Å². The number of allylic oxidation sites excluding steroid dienone is 1. The third-order valence-corrected chi connectivity index (χ3v) is 7.07. The number of carboxylic acid groups (broad SMARTS) is 1. The van der Waals surface area contributed by atoms with Crippen LogP contribution in [0.3, 0.4) is 0 Å². The molecular weight excluding hydrogens is 278 g/mol. The first-order chi connectivity index (χ1) is 10.4. The normalized spacial score (nSPS) is 43.3. The fourth-order valence-electron chi connectivity index (χ4n) is 6.01. The first-order valence-electron chi connectivity index (χ1n) is 8.55. The summed E-state index contributed by atoms with van der Waals surface area (Å²) in [5, 5.41) is 13.2. The lowest BCUT2D eigenvalue weighted by Crippen LogP contribution is -2.52. The van der Waals surface area contributed by atoms with Gasteiger partial charge in [0, 0.05) is 23.5 Å². The quantitative estimate of drug-likeness (QED) is 0.766. The van der Waals surface area contributed by atoms with E-state index in [9.17, 15) is 14.7 Å². The highest BCUT2D eigenvalue weighted by atomic mass is 16.4. The van der Waals surface area contributed by atoms with Crippen LogP contribution in [-0.2, 0) is 9.59 Å². The van der Waals surface area contributed by atoms with Crippen molar-refractivity contribution in [1.29, 1.82) is 0 Å². The molecule has 4 heteroatoms. The molecule has 3 aliphatic carbocycles. The molecule has 2 fully saturated rings. The molecule has 0 aromatic heterocycles. The minimum atomic E-state index is -0.880. The number of carbonyl (C=O) groups is 2. The van der Waals surface area contributed by atoms with Gasteiger partial charge in [0.15, 0.2) is 0 Å². The smallest absolute Gasteiger partial charge is 0.332 e. The zero-order chi connectivity index (χ0) is 16.1. The Hall–Kier alpha value is -1.16. The third kappa shape index (κ3) is 1.73. The standard InChI is InChI=1S/C18H27NO3/c1-4-19-10-17(3)13-6-5-11(2)18(17)8-12(9-20)15(16(21)22)14(18)7-13/h9,11-13,19H,4-8,10H2,1-3H3,(H,21,22). The summed E-state index contributed by atoms with van der Waals surface area (Å²) < 4.78 is 0. The van der Waals surface area contributed by atoms with E-state index >= 15 is 0 Å². The zero-order valence-electron chi connectivity index (χ0n) is 13.8. The summed E-state index contributed by atoms with van der Waals surface area (Å²) in [6.07, 6.45) is 4.76. The summed E-state index contributed by atoms with van der Waals surface area (Å²) >= 11 is 0. The van der Waals surface area contributed by atoms with Crippen LogP contribution in [0.5, 0.6) is 0 Å². The maximum absolute atomic E-state index is 11.8. The molecule has 3 aliphatic rings. The van der Waals surface area contributed by atoms with E-state index in [1.807, 2.05) is 0 Å². The minimum Gasteiger partial charge on any atom is -0.478 e. The van der Waals surface area contributed by atoms with E-state index < -0.39 is 11.9 Å². The van der Waals surface area contributed by atoms with Crippen molar-refractivity contribution in [2.45, 2.75) is 46.5 Å². The third-order valence-electron chi connectivity index (χ3n) is 7.07. The van der Waals surface area contributed by atoms with Crippen molar-refractivity contribution in [3.05, 3.63) is 11.1 Å². The molecule has 0 aromatic rings. The van der Waals surface area contributed by atoms with Crippen molar-refractivity contribution in [3.8, 4) is 0 Å². The molecule has 5 atom stereocenters. The Labute approximate surface area is 132 Å². The first kappa shape index (κ1) is 15.7. The van der Waals surface area contributed by atoms with Crippen LogP contribution in [0.15, 0.2) is 11.1 Å². The van der Waals surface area contributed by atoms with Gasteiger partial charge in [-0.15, -0.1) is 0 Å². The molecule has 0 aliphatic heterocycles. The Morgan fingerprint density at radius 2 is 2.18 bits per heavy atom. The van der Waals surface area contributed by atoms with Gasteiger partial charge < -0.3 is 15.2 Å². The van der Waals surface area contributed by atoms with Gasteiger partial charge in [-0.05, 0) is 49.5 Å². The highest BCUT2D eigenvalue weighted by molar-refractivity contribution is 5.94. The molecule has 2 saturated carbocycles. The molecule has 0 heterocycles. The molecule has 122 valence electrons. The summed E-state index contributed by atoms with van der Waals surface area (Å²) in [5.41, 5.74) is 1.49. The van der Waals surface area contributed by atoms with Crippen LogP contribution in [-0.4, -0.2) is 30.5 Å². The minimum absolute atomic E-state index is 0.0640. The Balaban J connectivity index is 2.15. The van der Waals surface area contributed by atoms with E-state index in [4.69, 9.17) is 0 Å². The van der Waals surface area contributed by atoms with Gasteiger partial charge in [-0.3, -0.25) is 0 Å². The van der Waals surface area contributed by atoms with E-state index in [0.717, 1.165) is 37.8 Å². The molecule has 0 radical (unpaired) electrons. The van der Waals surface area contributed by atoms with Gasteiger partial charge in [0.2, 0.25) is 0 Å². The van der Waals surface area contributed by atoms with Gasteiger partial charge >= 0.3 is 5.97 Å². The molecule has 5 unspecified atom stereocenters. The van der Waals surface area contributed by atoms with E-state index in [0.29, 0.717) is 23.8 Å². The van der Waals surface area contributed by atoms with Crippen molar-refractivity contribution < 1.29 is 14.7 Å². The second kappa shape index (κ2) is 5.19. The predicted octanol–water partition coefficient (Wildman–Crippen LogP) is 2.64. The van der Waals surface area contributed by atoms with Gasteiger partial charge in [0.05, 0.1) is 0 Å². The fourth-order valence-corrected chi connectivity index (χ4v) is 6.01. The number of fused-ring (bicyclic) bond motifs is 1. The van der Waals surface area contributed by atoms with Crippen molar-refractivity contribution in [2.24, 2.45) is 28.6 Å². The molecule has 4 nitrogen and oxygen atoms in total. The zero-order valence-corrected chi connectivity index (χ0v) is 13.8. The molecule has 2 N–H and O–H groups in total. The first-order valence-corrected chi connectivity index (χ1v) is 8.55. The van der Waals surface area contributed by atoms with E-state index in [-0.39, 0.29) is 10.8 Å². The molecule has 0 saturated heterocycles. The van der Waals surface area contributed by atoms with Crippen LogP contribution in [0.2, 0.25) is 0 Å². The predicted molar refractivity (Wildman–Crippen MR) is 84.4 cm³/mol. The van der Waals surface area contributed by atoms with Gasteiger partial charge in [-0.2, -0.15) is 0 Å². The Morgan fingerprint density at radius 1 is 1.45 bits per heavy atom. The molecule has 3 rings (SSSR count). The lowest BCUT2D eigenvalue weighted by molar-refractivity contribution is -0.134. The van der Waals surface area contributed by atoms with Crippen molar-refractivity contribution >= 4 is 12.3 Å². The Morgan fingerprint density at radius 3 is 2.77 bits per heavy atom. The maximum Gasteiger partial charge on any atom is 0.332 e. The van der Waals surface area contributed by atoms with Crippen LogP contribution in [0.4, 0.5) is 0 Å². The van der Waals surface area contributed by atoms with Crippen LogP contribution in [0.25, 0.3) is 0 Å². The van der Waals surface area contributed by atoms with Gasteiger partial charge in [0.25, 0.3) is 0 Å². The summed E-state index contributed by atoms with van der Waals surface area (Å²) in [4.78, 5) is 23.3. The summed E-state index contributed by atoms with van der Waals surface area (Å²) in [6.45, 7) is 8.54. The number of carbonyl (C=O) groups excluding carboxylic acids is 1. The Bertz CT molecular complexity index is 540. The summed E-state index contributed by atoms with van der Waals surface area (Å²) in [5.74, 6) is -0.312. The van der Waals surface area contributed by atoms with Gasteiger partial charge in [-0.25, -0.2) is 4.79 Å². The van der Waals surface area contributed by atoms with Gasteiger partial charge in [0.1, 0.15) is 6.29 Å². The number of aliphatic carboxylic acids is 1. The van der Waals surface area contributed by atoms with Crippen LogP contribution in [0.1, 0.15) is 46.5 Å². The summed E-state index contributed by atoms with van der Waals surface area (Å²) in [7, 11) is 0. The topological polar surface area (TPSA) is 66.4 Å². The van der Waals surface area contributed by atoms with Crippen molar-refractivity contribution in [3.63, 3.8) is 0 Å². The van der Waals surface area contributed by atoms with E-state index in [2.05, 4.69) is 26.1 Å². The highest BCUT2D eigenvalue weighted by Gasteiger charge is 2.67. The molecule has 2 bridgehead atoms. The molecular formula is C18H27NO3. The molecule has 1 spiro atoms. The lowest BCUT2D eigenvalue weighted by atomic mass is 9.51. The average Bonchev–Trinajstić information content (AvgIpc) is 2.88. The van der Waals surface area contributed by atoms with Crippen LogP contribution in [0, 0.1) is 28.6 Å². The number of carboxylic acids is 1. The second-order valence-electron chi connectivity index (χ2n) is 7.69. The largest absolute Gasteiger partial charge is 0.478 e. The monoisotopic (exact) mass is 305 g/mol.